The fourth-order valence-electron chi connectivity index (χ4n) is 3.13. The Morgan fingerprint density at radius 3 is 2.75 bits per heavy atom. The molecule has 2 aromatic rings. The average Bonchev–Trinajstić information content (AvgIpc) is 3.14. The number of benzene rings is 2. The third-order valence-electron chi connectivity index (χ3n) is 4.53. The van der Waals surface area contributed by atoms with Gasteiger partial charge in [0.05, 0.1) is 22.8 Å². The van der Waals surface area contributed by atoms with E-state index in [0.29, 0.717) is 23.5 Å². The van der Waals surface area contributed by atoms with Crippen molar-refractivity contribution < 1.29 is 23.9 Å². The van der Waals surface area contributed by atoms with Gasteiger partial charge in [0.1, 0.15) is 5.76 Å². The molecule has 0 radical (unpaired) electrons. The number of rotatable bonds is 5. The Balaban J connectivity index is 1.67. The summed E-state index contributed by atoms with van der Waals surface area (Å²) in [6.07, 6.45) is 3.03. The Morgan fingerprint density at radius 2 is 2.03 bits per heavy atom. The fourth-order valence-corrected chi connectivity index (χ4v) is 3.38. The van der Waals surface area contributed by atoms with Crippen LogP contribution in [-0.2, 0) is 9.63 Å². The lowest BCUT2D eigenvalue weighted by molar-refractivity contribution is -0.114. The Hall–Kier alpha value is -3.91. The zero-order chi connectivity index (χ0) is 22.8. The smallest absolute Gasteiger partial charge is 0.343 e. The van der Waals surface area contributed by atoms with Crippen LogP contribution in [0.25, 0.3) is 6.08 Å². The van der Waals surface area contributed by atoms with Gasteiger partial charge in [0.2, 0.25) is 0 Å². The van der Waals surface area contributed by atoms with Crippen molar-refractivity contribution in [1.29, 1.82) is 5.41 Å². The minimum absolute atomic E-state index is 0.0180. The number of halogens is 1. The number of fused-ring (bicyclic) bond motifs is 1. The number of allylic oxidation sites excluding steroid dienone is 1. The van der Waals surface area contributed by atoms with Crippen molar-refractivity contribution in [1.82, 2.24) is 5.06 Å². The van der Waals surface area contributed by atoms with Crippen LogP contribution >= 0.6 is 11.6 Å². The molecule has 32 heavy (non-hydrogen) atoms. The summed E-state index contributed by atoms with van der Waals surface area (Å²) in [5.74, 6) is -0.242. The van der Waals surface area contributed by atoms with E-state index in [2.05, 4.69) is 4.99 Å². The predicted molar refractivity (Wildman–Crippen MR) is 119 cm³/mol. The van der Waals surface area contributed by atoms with E-state index in [9.17, 15) is 9.59 Å². The van der Waals surface area contributed by atoms with Gasteiger partial charge in [0, 0.05) is 6.08 Å². The van der Waals surface area contributed by atoms with Crippen molar-refractivity contribution in [3.05, 3.63) is 76.0 Å². The molecule has 0 saturated carbocycles. The highest BCUT2D eigenvalue weighted by molar-refractivity contribution is 6.34. The molecule has 1 amide bonds. The Kier molecular flexibility index (Phi) is 5.79. The number of aliphatic imine (C=N–C) groups is 1. The molecule has 162 valence electrons. The normalized spacial score (nSPS) is 16.3. The van der Waals surface area contributed by atoms with E-state index < -0.39 is 11.9 Å². The number of hydrogen-bond donors (Lipinski definition) is 1. The quantitative estimate of drug-likeness (QED) is 0.410. The first-order valence-electron chi connectivity index (χ1n) is 9.71. The van der Waals surface area contributed by atoms with E-state index in [-0.39, 0.29) is 33.8 Å². The van der Waals surface area contributed by atoms with E-state index in [0.717, 1.165) is 0 Å². The molecule has 0 unspecified atom stereocenters. The summed E-state index contributed by atoms with van der Waals surface area (Å²) in [5, 5.41) is 9.61. The third kappa shape index (κ3) is 4.13. The van der Waals surface area contributed by atoms with Crippen LogP contribution in [0.1, 0.15) is 29.8 Å². The molecule has 0 bridgehead atoms. The molecule has 4 rings (SSSR count). The van der Waals surface area contributed by atoms with Crippen LogP contribution in [0.4, 0.5) is 0 Å². The number of carbonyl (C=O) groups excluding carboxylic acids is 2. The number of carbonyl (C=O) groups is 2. The Morgan fingerprint density at radius 1 is 1.28 bits per heavy atom. The van der Waals surface area contributed by atoms with Crippen molar-refractivity contribution in [2.45, 2.75) is 13.8 Å². The number of amidine groups is 2. The summed E-state index contributed by atoms with van der Waals surface area (Å²) in [7, 11) is 0. The summed E-state index contributed by atoms with van der Waals surface area (Å²) < 4.78 is 11.1. The largest absolute Gasteiger partial charge is 0.490 e. The molecule has 1 N–H and O–H groups in total. The zero-order valence-electron chi connectivity index (χ0n) is 17.2. The summed E-state index contributed by atoms with van der Waals surface area (Å²) in [6, 6.07) is 11.6. The van der Waals surface area contributed by atoms with Gasteiger partial charge in [-0.05, 0) is 49.8 Å². The summed E-state index contributed by atoms with van der Waals surface area (Å²) in [6.45, 7) is 3.77. The van der Waals surface area contributed by atoms with Crippen molar-refractivity contribution in [3.63, 3.8) is 0 Å². The average molecular weight is 452 g/mol. The van der Waals surface area contributed by atoms with Gasteiger partial charge < -0.3 is 14.3 Å². The number of nitrogens with zero attached hydrogens (tertiary/aromatic N) is 2. The fraction of sp³-hybridized carbons (Fsp3) is 0.130. The second kappa shape index (κ2) is 8.68. The van der Waals surface area contributed by atoms with Crippen molar-refractivity contribution >= 4 is 41.2 Å². The number of ether oxygens (including phenoxy) is 2. The first-order valence-corrected chi connectivity index (χ1v) is 10.1. The van der Waals surface area contributed by atoms with E-state index in [4.69, 9.17) is 31.3 Å². The van der Waals surface area contributed by atoms with Crippen LogP contribution in [0.3, 0.4) is 0 Å². The van der Waals surface area contributed by atoms with Crippen LogP contribution in [0, 0.1) is 5.41 Å². The van der Waals surface area contributed by atoms with E-state index in [1.165, 1.54) is 17.2 Å². The molecule has 2 aliphatic rings. The molecule has 0 spiro atoms. The summed E-state index contributed by atoms with van der Waals surface area (Å²) in [4.78, 5) is 34.3. The lowest BCUT2D eigenvalue weighted by Gasteiger charge is -2.23. The summed E-state index contributed by atoms with van der Waals surface area (Å²) in [5.41, 5.74) is 0.847. The SMILES string of the molecule is CCOc1cc(/C=C2/C(=N)N3OC(C)=CC3=NC2=O)cc(Cl)c1OC(=O)c1ccccc1. The van der Waals surface area contributed by atoms with Crippen LogP contribution in [-0.4, -0.2) is 35.2 Å². The number of hydroxylamine groups is 2. The third-order valence-corrected chi connectivity index (χ3v) is 4.81. The lowest BCUT2D eigenvalue weighted by atomic mass is 10.1. The first kappa shape index (κ1) is 21.3. The topological polar surface area (TPSA) is 101 Å². The molecule has 2 aromatic carbocycles. The molecular weight excluding hydrogens is 434 g/mol. The molecular formula is C23H18ClN3O5. The standard InChI is InChI=1S/C23H18ClN3O5/c1-3-30-18-12-14(10-16-21(25)27-19(26-22(16)28)9-13(2)32-27)11-17(24)20(18)31-23(29)15-7-5-4-6-8-15/h4-12,25H,3H2,1-2H3/b16-10-,25-21?. The number of esters is 1. The van der Waals surface area contributed by atoms with Crippen LogP contribution in [0.2, 0.25) is 5.02 Å². The maximum atomic E-state index is 12.5. The van der Waals surface area contributed by atoms with Crippen molar-refractivity contribution in [2.24, 2.45) is 4.99 Å². The molecule has 2 heterocycles. The number of amides is 1. The second-order valence-electron chi connectivity index (χ2n) is 6.84. The Labute approximate surface area is 188 Å². The highest BCUT2D eigenvalue weighted by Gasteiger charge is 2.34. The molecule has 0 aliphatic carbocycles. The lowest BCUT2D eigenvalue weighted by Crippen LogP contribution is -2.38. The first-order chi connectivity index (χ1) is 15.4. The molecule has 0 atom stereocenters. The molecule has 8 nitrogen and oxygen atoms in total. The second-order valence-corrected chi connectivity index (χ2v) is 7.25. The van der Waals surface area contributed by atoms with Crippen molar-refractivity contribution in [3.8, 4) is 11.5 Å². The Bertz CT molecular complexity index is 1220. The van der Waals surface area contributed by atoms with Gasteiger partial charge >= 0.3 is 5.97 Å². The van der Waals surface area contributed by atoms with Gasteiger partial charge in [-0.25, -0.2) is 4.79 Å². The zero-order valence-corrected chi connectivity index (χ0v) is 18.0. The van der Waals surface area contributed by atoms with E-state index in [1.807, 2.05) is 0 Å². The van der Waals surface area contributed by atoms with Crippen LogP contribution in [0.5, 0.6) is 11.5 Å². The molecule has 2 aliphatic heterocycles. The van der Waals surface area contributed by atoms with Gasteiger partial charge in [-0.2, -0.15) is 4.99 Å². The molecule has 0 fully saturated rings. The van der Waals surface area contributed by atoms with Crippen LogP contribution < -0.4 is 9.47 Å². The molecule has 0 saturated heterocycles. The van der Waals surface area contributed by atoms with Gasteiger partial charge in [-0.1, -0.05) is 29.8 Å². The van der Waals surface area contributed by atoms with Gasteiger partial charge in [0.25, 0.3) is 5.91 Å². The molecule has 0 aromatic heterocycles. The highest BCUT2D eigenvalue weighted by atomic mass is 35.5. The minimum atomic E-state index is -0.584. The minimum Gasteiger partial charge on any atom is -0.490 e. The van der Waals surface area contributed by atoms with Crippen LogP contribution in [0.15, 0.2) is 64.9 Å². The van der Waals surface area contributed by atoms with Gasteiger partial charge in [0.15, 0.2) is 23.2 Å². The maximum Gasteiger partial charge on any atom is 0.343 e. The highest BCUT2D eigenvalue weighted by Crippen LogP contribution is 2.38. The monoisotopic (exact) mass is 451 g/mol. The van der Waals surface area contributed by atoms with E-state index in [1.54, 1.807) is 56.3 Å². The number of nitrogens with one attached hydrogen (secondary N) is 1. The van der Waals surface area contributed by atoms with Gasteiger partial charge in [-0.15, -0.1) is 5.06 Å². The maximum absolute atomic E-state index is 12.5. The molecule has 9 heteroatoms. The predicted octanol–water partition coefficient (Wildman–Crippen LogP) is 4.41. The van der Waals surface area contributed by atoms with Crippen molar-refractivity contribution in [2.75, 3.05) is 6.61 Å². The number of hydrogen-bond acceptors (Lipinski definition) is 6. The van der Waals surface area contributed by atoms with Gasteiger partial charge in [-0.3, -0.25) is 10.2 Å². The summed E-state index contributed by atoms with van der Waals surface area (Å²) >= 11 is 6.40. The van der Waals surface area contributed by atoms with E-state index >= 15 is 0 Å².